The van der Waals surface area contributed by atoms with Gasteiger partial charge in [-0.25, -0.2) is 9.18 Å². The molecule has 1 aliphatic rings. The van der Waals surface area contributed by atoms with Crippen molar-refractivity contribution in [3.8, 4) is 0 Å². The van der Waals surface area contributed by atoms with Crippen molar-refractivity contribution in [1.29, 1.82) is 0 Å². The molecule has 1 amide bonds. The highest BCUT2D eigenvalue weighted by atomic mass is 35.5. The molecule has 0 unspecified atom stereocenters. The van der Waals surface area contributed by atoms with E-state index in [1.54, 1.807) is 13.8 Å². The maximum Gasteiger partial charge on any atom is 0.416 e. The lowest BCUT2D eigenvalue weighted by Gasteiger charge is -2.39. The van der Waals surface area contributed by atoms with Crippen LogP contribution in [0.1, 0.15) is 31.0 Å². The number of halogens is 6. The molecule has 1 fully saturated rings. The van der Waals surface area contributed by atoms with Crippen LogP contribution in [0, 0.1) is 11.2 Å². The van der Waals surface area contributed by atoms with Gasteiger partial charge in [-0.1, -0.05) is 25.4 Å². The van der Waals surface area contributed by atoms with Gasteiger partial charge < -0.3 is 10.1 Å². The van der Waals surface area contributed by atoms with Gasteiger partial charge in [0.1, 0.15) is 12.4 Å². The summed E-state index contributed by atoms with van der Waals surface area (Å²) in [7, 11) is 0. The second-order valence-corrected chi connectivity index (χ2v) is 5.87. The van der Waals surface area contributed by atoms with Crippen molar-refractivity contribution in [2.24, 2.45) is 5.41 Å². The SMILES string of the molecule is CC1(C)COC(=O)N[C@@H]1c1c(C(F)(F)F)ccc(Cl)c1F.Cl. The maximum absolute atomic E-state index is 14.2. The van der Waals surface area contributed by atoms with E-state index in [1.807, 2.05) is 0 Å². The van der Waals surface area contributed by atoms with Gasteiger partial charge in [-0.2, -0.15) is 13.2 Å². The summed E-state index contributed by atoms with van der Waals surface area (Å²) in [4.78, 5) is 11.3. The molecular weight excluding hydrogens is 349 g/mol. The van der Waals surface area contributed by atoms with Crippen LogP contribution >= 0.6 is 24.0 Å². The molecule has 0 radical (unpaired) electrons. The standard InChI is InChI=1S/C13H12ClF4NO2.ClH/c1-12(2)5-21-11(20)19-10(12)8-6(13(16,17)18)3-4-7(14)9(8)15;/h3-4,10H,5H2,1-2H3,(H,19,20);1H/t10-;/m1./s1. The van der Waals surface area contributed by atoms with E-state index < -0.39 is 45.7 Å². The Balaban J connectivity index is 0.00000242. The van der Waals surface area contributed by atoms with Gasteiger partial charge in [0.2, 0.25) is 0 Å². The third kappa shape index (κ3) is 3.41. The second kappa shape index (κ2) is 6.12. The summed E-state index contributed by atoms with van der Waals surface area (Å²) in [6, 6.07) is 0.351. The zero-order valence-corrected chi connectivity index (χ0v) is 13.1. The van der Waals surface area contributed by atoms with Crippen molar-refractivity contribution in [3.05, 3.63) is 34.1 Å². The lowest BCUT2D eigenvalue weighted by Crippen LogP contribution is -2.48. The Kier molecular flexibility index (Phi) is 5.24. The predicted octanol–water partition coefficient (Wildman–Crippen LogP) is 4.73. The van der Waals surface area contributed by atoms with E-state index in [4.69, 9.17) is 16.3 Å². The minimum atomic E-state index is -4.76. The van der Waals surface area contributed by atoms with Gasteiger partial charge in [0.25, 0.3) is 0 Å². The van der Waals surface area contributed by atoms with Crippen molar-refractivity contribution < 1.29 is 27.1 Å². The zero-order valence-electron chi connectivity index (χ0n) is 11.6. The normalized spacial score (nSPS) is 20.7. The summed E-state index contributed by atoms with van der Waals surface area (Å²) >= 11 is 5.60. The van der Waals surface area contributed by atoms with E-state index >= 15 is 0 Å². The smallest absolute Gasteiger partial charge is 0.416 e. The molecule has 2 rings (SSSR count). The van der Waals surface area contributed by atoms with Crippen LogP contribution in [0.4, 0.5) is 22.4 Å². The lowest BCUT2D eigenvalue weighted by molar-refractivity contribution is -0.139. The molecule has 1 aromatic carbocycles. The summed E-state index contributed by atoms with van der Waals surface area (Å²) in [5, 5.41) is 1.81. The van der Waals surface area contributed by atoms with Crippen molar-refractivity contribution in [2.75, 3.05) is 6.61 Å². The highest BCUT2D eigenvalue weighted by Crippen LogP contribution is 2.44. The van der Waals surface area contributed by atoms with Gasteiger partial charge in [-0.15, -0.1) is 12.4 Å². The third-order valence-electron chi connectivity index (χ3n) is 3.35. The lowest BCUT2D eigenvalue weighted by atomic mass is 9.78. The van der Waals surface area contributed by atoms with Gasteiger partial charge >= 0.3 is 12.3 Å². The Morgan fingerprint density at radius 3 is 2.50 bits per heavy atom. The first-order valence-corrected chi connectivity index (χ1v) is 6.40. The van der Waals surface area contributed by atoms with Crippen LogP contribution in [0.15, 0.2) is 12.1 Å². The molecule has 0 spiro atoms. The minimum absolute atomic E-state index is 0. The number of carbonyl (C=O) groups excluding carboxylic acids is 1. The van der Waals surface area contributed by atoms with Crippen molar-refractivity contribution in [2.45, 2.75) is 26.1 Å². The number of rotatable bonds is 1. The van der Waals surface area contributed by atoms with Gasteiger partial charge in [0.15, 0.2) is 0 Å². The molecule has 1 aliphatic heterocycles. The summed E-state index contributed by atoms with van der Waals surface area (Å²) in [6.45, 7) is 3.00. The minimum Gasteiger partial charge on any atom is -0.449 e. The molecule has 1 N–H and O–H groups in total. The van der Waals surface area contributed by atoms with Crippen molar-refractivity contribution in [1.82, 2.24) is 5.32 Å². The number of ether oxygens (including phenoxy) is 1. The summed E-state index contributed by atoms with van der Waals surface area (Å²) < 4.78 is 58.3. The number of hydrogen-bond acceptors (Lipinski definition) is 2. The Morgan fingerprint density at radius 2 is 1.95 bits per heavy atom. The van der Waals surface area contributed by atoms with Crippen LogP contribution in [0.3, 0.4) is 0 Å². The number of cyclic esters (lactones) is 1. The average molecular weight is 362 g/mol. The van der Waals surface area contributed by atoms with E-state index in [9.17, 15) is 22.4 Å². The first kappa shape index (κ1) is 18.8. The largest absolute Gasteiger partial charge is 0.449 e. The highest BCUT2D eigenvalue weighted by molar-refractivity contribution is 6.30. The quantitative estimate of drug-likeness (QED) is 0.734. The Bertz CT molecular complexity index is 590. The van der Waals surface area contributed by atoms with Gasteiger partial charge in [-0.3, -0.25) is 0 Å². The van der Waals surface area contributed by atoms with Crippen molar-refractivity contribution in [3.63, 3.8) is 0 Å². The van der Waals surface area contributed by atoms with E-state index in [1.165, 1.54) is 0 Å². The van der Waals surface area contributed by atoms with E-state index in [2.05, 4.69) is 5.32 Å². The third-order valence-corrected chi connectivity index (χ3v) is 3.64. The van der Waals surface area contributed by atoms with Crippen LogP contribution in [0.25, 0.3) is 0 Å². The highest BCUT2D eigenvalue weighted by Gasteiger charge is 2.45. The molecule has 0 aliphatic carbocycles. The molecule has 1 saturated heterocycles. The number of carbonyl (C=O) groups is 1. The topological polar surface area (TPSA) is 38.3 Å². The fourth-order valence-electron chi connectivity index (χ4n) is 2.25. The number of hydrogen-bond donors (Lipinski definition) is 1. The Hall–Kier alpha value is -1.21. The van der Waals surface area contributed by atoms with Crippen LogP contribution < -0.4 is 5.32 Å². The number of alkyl halides is 3. The molecule has 9 heteroatoms. The molecule has 0 bridgehead atoms. The summed E-state index contributed by atoms with van der Waals surface area (Å²) in [5.74, 6) is -1.19. The number of nitrogens with one attached hydrogen (secondary N) is 1. The molecule has 124 valence electrons. The molecule has 22 heavy (non-hydrogen) atoms. The molecule has 1 aromatic rings. The molecule has 3 nitrogen and oxygen atoms in total. The first-order chi connectivity index (χ1) is 9.54. The molecule has 1 atom stereocenters. The fourth-order valence-corrected chi connectivity index (χ4v) is 2.41. The molecule has 0 saturated carbocycles. The van der Waals surface area contributed by atoms with Crippen LogP contribution in [0.5, 0.6) is 0 Å². The van der Waals surface area contributed by atoms with Gasteiger partial charge in [0.05, 0.1) is 16.6 Å². The molecule has 0 aromatic heterocycles. The molecule has 1 heterocycles. The average Bonchev–Trinajstić information content (AvgIpc) is 2.34. The first-order valence-electron chi connectivity index (χ1n) is 6.02. The predicted molar refractivity (Wildman–Crippen MR) is 74.7 cm³/mol. The summed E-state index contributed by atoms with van der Waals surface area (Å²) in [5.41, 5.74) is -2.76. The maximum atomic E-state index is 14.2. The van der Waals surface area contributed by atoms with E-state index in [0.717, 1.165) is 6.07 Å². The molecular formula is C13H13Cl2F4NO2. The van der Waals surface area contributed by atoms with Gasteiger partial charge in [-0.05, 0) is 12.1 Å². The monoisotopic (exact) mass is 361 g/mol. The fraction of sp³-hybridized carbons (Fsp3) is 0.462. The van der Waals surface area contributed by atoms with Crippen LogP contribution in [-0.2, 0) is 10.9 Å². The van der Waals surface area contributed by atoms with Crippen LogP contribution in [0.2, 0.25) is 5.02 Å². The number of alkyl carbamates (subject to hydrolysis) is 1. The summed E-state index contributed by atoms with van der Waals surface area (Å²) in [6.07, 6.45) is -5.66. The second-order valence-electron chi connectivity index (χ2n) is 5.46. The van der Waals surface area contributed by atoms with E-state index in [-0.39, 0.29) is 19.0 Å². The number of amides is 1. The Morgan fingerprint density at radius 1 is 1.36 bits per heavy atom. The van der Waals surface area contributed by atoms with Crippen LogP contribution in [-0.4, -0.2) is 12.7 Å². The van der Waals surface area contributed by atoms with Gasteiger partial charge in [0, 0.05) is 11.0 Å². The zero-order chi connectivity index (χ0) is 16.0. The Labute approximate surface area is 135 Å². The van der Waals surface area contributed by atoms with Crippen molar-refractivity contribution >= 4 is 30.1 Å². The number of benzene rings is 1. The van der Waals surface area contributed by atoms with E-state index in [0.29, 0.717) is 6.07 Å².